The number of fused-ring (bicyclic) bond motifs is 1. The SMILES string of the molecule is Nc1ccc2c(c1)nc(CO)n2CCCC(F)(F)F. The Labute approximate surface area is 107 Å². The molecule has 1 aromatic heterocycles. The first-order valence-corrected chi connectivity index (χ1v) is 5.83. The smallest absolute Gasteiger partial charge is 0.389 e. The van der Waals surface area contributed by atoms with Gasteiger partial charge < -0.3 is 15.4 Å². The molecule has 0 aliphatic carbocycles. The molecule has 1 aromatic carbocycles. The van der Waals surface area contributed by atoms with Crippen LogP contribution in [0.3, 0.4) is 0 Å². The Morgan fingerprint density at radius 3 is 2.68 bits per heavy atom. The van der Waals surface area contributed by atoms with Crippen LogP contribution in [0.2, 0.25) is 0 Å². The number of nitrogen functional groups attached to an aromatic ring is 1. The summed E-state index contributed by atoms with van der Waals surface area (Å²) in [5, 5.41) is 9.21. The fourth-order valence-electron chi connectivity index (χ4n) is 2.00. The maximum Gasteiger partial charge on any atom is 0.389 e. The largest absolute Gasteiger partial charge is 0.399 e. The third kappa shape index (κ3) is 3.17. The molecule has 0 saturated carbocycles. The fraction of sp³-hybridized carbons (Fsp3) is 0.417. The second kappa shape index (κ2) is 5.08. The van der Waals surface area contributed by atoms with Crippen molar-refractivity contribution >= 4 is 16.7 Å². The number of imidazole rings is 1. The molecule has 7 heteroatoms. The van der Waals surface area contributed by atoms with Gasteiger partial charge in [-0.05, 0) is 24.6 Å². The lowest BCUT2D eigenvalue weighted by atomic mass is 10.2. The Morgan fingerprint density at radius 2 is 2.05 bits per heavy atom. The van der Waals surface area contributed by atoms with Gasteiger partial charge in [0.25, 0.3) is 0 Å². The van der Waals surface area contributed by atoms with E-state index in [-0.39, 0.29) is 19.6 Å². The first-order valence-electron chi connectivity index (χ1n) is 5.83. The predicted molar refractivity (Wildman–Crippen MR) is 65.4 cm³/mol. The van der Waals surface area contributed by atoms with E-state index in [0.717, 1.165) is 0 Å². The zero-order chi connectivity index (χ0) is 14.0. The van der Waals surface area contributed by atoms with Crippen LogP contribution < -0.4 is 5.73 Å². The van der Waals surface area contributed by atoms with Crippen molar-refractivity contribution in [3.63, 3.8) is 0 Å². The minimum atomic E-state index is -4.17. The summed E-state index contributed by atoms with van der Waals surface area (Å²) < 4.78 is 38.0. The number of anilines is 1. The number of aromatic nitrogens is 2. The zero-order valence-electron chi connectivity index (χ0n) is 10.1. The van der Waals surface area contributed by atoms with Crippen LogP contribution >= 0.6 is 0 Å². The van der Waals surface area contributed by atoms with E-state index in [9.17, 15) is 18.3 Å². The number of aryl methyl sites for hydroxylation is 1. The molecule has 4 nitrogen and oxygen atoms in total. The number of nitrogens with two attached hydrogens (primary N) is 1. The first kappa shape index (κ1) is 13.7. The van der Waals surface area contributed by atoms with E-state index >= 15 is 0 Å². The van der Waals surface area contributed by atoms with Crippen LogP contribution in [0.5, 0.6) is 0 Å². The molecule has 0 aliphatic heterocycles. The lowest BCUT2D eigenvalue weighted by molar-refractivity contribution is -0.135. The van der Waals surface area contributed by atoms with Gasteiger partial charge in [-0.1, -0.05) is 0 Å². The van der Waals surface area contributed by atoms with Crippen LogP contribution in [0.15, 0.2) is 18.2 Å². The molecule has 0 atom stereocenters. The average Bonchev–Trinajstić information content (AvgIpc) is 2.65. The lowest BCUT2D eigenvalue weighted by Gasteiger charge is -2.09. The molecule has 104 valence electrons. The van der Waals surface area contributed by atoms with Crippen molar-refractivity contribution in [3.8, 4) is 0 Å². The second-order valence-electron chi connectivity index (χ2n) is 4.30. The highest BCUT2D eigenvalue weighted by molar-refractivity contribution is 5.79. The summed E-state index contributed by atoms with van der Waals surface area (Å²) in [5.74, 6) is 0.350. The normalized spacial score (nSPS) is 12.2. The predicted octanol–water partition coefficient (Wildman–Crippen LogP) is 2.45. The number of hydrogen-bond acceptors (Lipinski definition) is 3. The molecule has 0 aliphatic rings. The molecule has 0 spiro atoms. The summed E-state index contributed by atoms with van der Waals surface area (Å²) in [7, 11) is 0. The molecule has 0 saturated heterocycles. The van der Waals surface area contributed by atoms with Gasteiger partial charge in [0.1, 0.15) is 12.4 Å². The Bertz CT molecular complexity index is 577. The van der Waals surface area contributed by atoms with Crippen molar-refractivity contribution in [1.82, 2.24) is 9.55 Å². The number of aliphatic hydroxyl groups is 1. The highest BCUT2D eigenvalue weighted by atomic mass is 19.4. The van der Waals surface area contributed by atoms with E-state index < -0.39 is 12.6 Å². The highest BCUT2D eigenvalue weighted by Crippen LogP contribution is 2.24. The lowest BCUT2D eigenvalue weighted by Crippen LogP contribution is -2.10. The number of aliphatic hydroxyl groups excluding tert-OH is 1. The molecule has 19 heavy (non-hydrogen) atoms. The minimum Gasteiger partial charge on any atom is -0.399 e. The second-order valence-corrected chi connectivity index (χ2v) is 4.30. The van der Waals surface area contributed by atoms with E-state index in [4.69, 9.17) is 5.73 Å². The van der Waals surface area contributed by atoms with Crippen molar-refractivity contribution in [1.29, 1.82) is 0 Å². The number of rotatable bonds is 4. The fourth-order valence-corrected chi connectivity index (χ4v) is 2.00. The molecule has 3 N–H and O–H groups in total. The minimum absolute atomic E-state index is 0.0493. The van der Waals surface area contributed by atoms with Gasteiger partial charge in [0.2, 0.25) is 0 Å². The van der Waals surface area contributed by atoms with Crippen molar-refractivity contribution in [2.75, 3.05) is 5.73 Å². The summed E-state index contributed by atoms with van der Waals surface area (Å²) >= 11 is 0. The van der Waals surface area contributed by atoms with E-state index in [1.165, 1.54) is 0 Å². The molecule has 1 heterocycles. The molecule has 2 aromatic rings. The third-order valence-corrected chi connectivity index (χ3v) is 2.83. The molecule has 0 fully saturated rings. The molecular weight excluding hydrogens is 259 g/mol. The molecule has 0 radical (unpaired) electrons. The van der Waals surface area contributed by atoms with Crippen LogP contribution in [-0.4, -0.2) is 20.8 Å². The van der Waals surface area contributed by atoms with Gasteiger partial charge in [0.15, 0.2) is 0 Å². The number of halogens is 3. The molecule has 2 rings (SSSR count). The first-order chi connectivity index (χ1) is 8.90. The maximum absolute atomic E-state index is 12.1. The topological polar surface area (TPSA) is 64.1 Å². The van der Waals surface area contributed by atoms with Crippen LogP contribution in [0, 0.1) is 0 Å². The highest BCUT2D eigenvalue weighted by Gasteiger charge is 2.26. The van der Waals surface area contributed by atoms with Gasteiger partial charge in [0.05, 0.1) is 11.0 Å². The maximum atomic E-state index is 12.1. The molecule has 0 unspecified atom stereocenters. The van der Waals surface area contributed by atoms with Crippen molar-refractivity contribution in [2.24, 2.45) is 0 Å². The Balaban J connectivity index is 2.25. The summed E-state index contributed by atoms with van der Waals surface area (Å²) in [6.45, 7) is -0.156. The summed E-state index contributed by atoms with van der Waals surface area (Å²) in [5.41, 5.74) is 7.41. The number of alkyl halides is 3. The number of hydrogen-bond donors (Lipinski definition) is 2. The van der Waals surface area contributed by atoms with Gasteiger partial charge in [-0.3, -0.25) is 0 Å². The average molecular weight is 273 g/mol. The molecule has 0 amide bonds. The Kier molecular flexibility index (Phi) is 3.66. The van der Waals surface area contributed by atoms with Gasteiger partial charge in [-0.15, -0.1) is 0 Å². The summed E-state index contributed by atoms with van der Waals surface area (Å²) in [6, 6.07) is 4.99. The van der Waals surface area contributed by atoms with E-state index in [2.05, 4.69) is 4.98 Å². The standard InChI is InChI=1S/C12H14F3N3O/c13-12(14,15)4-1-5-18-10-3-2-8(16)6-9(10)17-11(18)7-19/h2-3,6,19H,1,4-5,7,16H2. The van der Waals surface area contributed by atoms with Gasteiger partial charge in [-0.2, -0.15) is 13.2 Å². The van der Waals surface area contributed by atoms with E-state index in [1.54, 1.807) is 22.8 Å². The van der Waals surface area contributed by atoms with Crippen LogP contribution in [0.4, 0.5) is 18.9 Å². The van der Waals surface area contributed by atoms with E-state index in [1.807, 2.05) is 0 Å². The van der Waals surface area contributed by atoms with Gasteiger partial charge >= 0.3 is 6.18 Å². The quantitative estimate of drug-likeness (QED) is 0.841. The molecular formula is C12H14F3N3O. The number of nitrogens with zero attached hydrogens (tertiary/aromatic N) is 2. The Morgan fingerprint density at radius 1 is 1.32 bits per heavy atom. The van der Waals surface area contributed by atoms with Crippen LogP contribution in [-0.2, 0) is 13.2 Å². The third-order valence-electron chi connectivity index (χ3n) is 2.83. The van der Waals surface area contributed by atoms with E-state index in [0.29, 0.717) is 22.5 Å². The zero-order valence-corrected chi connectivity index (χ0v) is 10.1. The van der Waals surface area contributed by atoms with Crippen LogP contribution in [0.25, 0.3) is 11.0 Å². The molecule has 0 bridgehead atoms. The summed E-state index contributed by atoms with van der Waals surface area (Å²) in [6.07, 6.45) is -5.07. The van der Waals surface area contributed by atoms with Crippen LogP contribution in [0.1, 0.15) is 18.7 Å². The van der Waals surface area contributed by atoms with Gasteiger partial charge in [-0.25, -0.2) is 4.98 Å². The summed E-state index contributed by atoms with van der Waals surface area (Å²) in [4.78, 5) is 4.16. The van der Waals surface area contributed by atoms with Crippen molar-refractivity contribution in [3.05, 3.63) is 24.0 Å². The van der Waals surface area contributed by atoms with Crippen molar-refractivity contribution in [2.45, 2.75) is 32.2 Å². The monoisotopic (exact) mass is 273 g/mol. The van der Waals surface area contributed by atoms with Crippen molar-refractivity contribution < 1.29 is 18.3 Å². The Hall–Kier alpha value is -1.76. The number of benzene rings is 1. The van der Waals surface area contributed by atoms with Gasteiger partial charge in [0, 0.05) is 18.7 Å².